The number of carbonyl (C=O) groups is 1. The van der Waals surface area contributed by atoms with Crippen molar-refractivity contribution in [1.29, 1.82) is 0 Å². The fourth-order valence-electron chi connectivity index (χ4n) is 2.95. The minimum atomic E-state index is -4.64. The van der Waals surface area contributed by atoms with E-state index in [1.54, 1.807) is 25.1 Å². The standard InChI is InChI=1S/C16H10ClF3N4O/c1-7-2-3-11-21-15(16(18,19)20)23-24(11)14(7)9-4-8-6-12(25)22-13(8)10(17)5-9/h2-5H,6H2,1H3,(H,22,25). The zero-order valence-electron chi connectivity index (χ0n) is 12.8. The molecular weight excluding hydrogens is 357 g/mol. The van der Waals surface area contributed by atoms with E-state index in [0.717, 1.165) is 4.52 Å². The van der Waals surface area contributed by atoms with Crippen molar-refractivity contribution in [3.63, 3.8) is 0 Å². The minimum absolute atomic E-state index is 0.0822. The van der Waals surface area contributed by atoms with E-state index < -0.39 is 12.0 Å². The molecule has 0 fully saturated rings. The Kier molecular flexibility index (Phi) is 3.30. The van der Waals surface area contributed by atoms with Crippen LogP contribution in [0.25, 0.3) is 16.9 Å². The molecule has 2 aromatic heterocycles. The number of pyridine rings is 1. The molecule has 1 aromatic carbocycles. The maximum atomic E-state index is 12.9. The first-order valence-electron chi connectivity index (χ1n) is 7.30. The molecule has 0 unspecified atom stereocenters. The molecule has 3 aromatic rings. The lowest BCUT2D eigenvalue weighted by Crippen LogP contribution is -2.08. The van der Waals surface area contributed by atoms with Crippen LogP contribution >= 0.6 is 11.6 Å². The third-order valence-corrected chi connectivity index (χ3v) is 4.31. The zero-order chi connectivity index (χ0) is 17.9. The van der Waals surface area contributed by atoms with Gasteiger partial charge in [-0.3, -0.25) is 4.79 Å². The first kappa shape index (κ1) is 15.9. The van der Waals surface area contributed by atoms with Crippen molar-refractivity contribution in [3.05, 3.63) is 46.2 Å². The third-order valence-electron chi connectivity index (χ3n) is 4.01. The molecular formula is C16H10ClF3N4O. The number of hydrogen-bond donors (Lipinski definition) is 1. The predicted octanol–water partition coefficient (Wildman–Crippen LogP) is 3.87. The van der Waals surface area contributed by atoms with Gasteiger partial charge in [0.25, 0.3) is 5.82 Å². The van der Waals surface area contributed by atoms with Crippen LogP contribution in [0, 0.1) is 6.92 Å². The summed E-state index contributed by atoms with van der Waals surface area (Å²) in [5.74, 6) is -1.38. The van der Waals surface area contributed by atoms with Gasteiger partial charge in [-0.15, -0.1) is 5.10 Å². The average Bonchev–Trinajstić information content (AvgIpc) is 3.09. The zero-order valence-corrected chi connectivity index (χ0v) is 13.5. The van der Waals surface area contributed by atoms with E-state index in [2.05, 4.69) is 15.4 Å². The van der Waals surface area contributed by atoms with Gasteiger partial charge >= 0.3 is 6.18 Å². The van der Waals surface area contributed by atoms with Crippen molar-refractivity contribution >= 4 is 28.8 Å². The molecule has 4 rings (SSSR count). The smallest absolute Gasteiger partial charge is 0.324 e. The molecule has 0 atom stereocenters. The highest BCUT2D eigenvalue weighted by Crippen LogP contribution is 2.37. The normalized spacial score (nSPS) is 14.0. The Labute approximate surface area is 144 Å². The number of fused-ring (bicyclic) bond motifs is 2. The van der Waals surface area contributed by atoms with Crippen molar-refractivity contribution < 1.29 is 18.0 Å². The highest BCUT2D eigenvalue weighted by molar-refractivity contribution is 6.34. The van der Waals surface area contributed by atoms with Gasteiger partial charge in [-0.25, -0.2) is 9.50 Å². The van der Waals surface area contributed by atoms with Gasteiger partial charge in [-0.2, -0.15) is 13.2 Å². The lowest BCUT2D eigenvalue weighted by Gasteiger charge is -2.11. The van der Waals surface area contributed by atoms with Gasteiger partial charge < -0.3 is 5.32 Å². The molecule has 1 aliphatic rings. The maximum Gasteiger partial charge on any atom is 0.453 e. The second kappa shape index (κ2) is 5.19. The molecule has 1 amide bonds. The highest BCUT2D eigenvalue weighted by atomic mass is 35.5. The van der Waals surface area contributed by atoms with Crippen molar-refractivity contribution in [1.82, 2.24) is 14.6 Å². The number of benzene rings is 1. The van der Waals surface area contributed by atoms with E-state index in [-0.39, 0.29) is 18.0 Å². The number of carbonyl (C=O) groups excluding carboxylic acids is 1. The van der Waals surface area contributed by atoms with Gasteiger partial charge in [-0.05, 0) is 36.2 Å². The summed E-state index contributed by atoms with van der Waals surface area (Å²) in [6.45, 7) is 1.76. The summed E-state index contributed by atoms with van der Waals surface area (Å²) in [6, 6.07) is 6.48. The fraction of sp³-hybridized carbons (Fsp3) is 0.188. The van der Waals surface area contributed by atoms with Crippen LogP contribution in [0.5, 0.6) is 0 Å². The molecule has 3 heterocycles. The van der Waals surface area contributed by atoms with Crippen LogP contribution in [0.3, 0.4) is 0 Å². The number of nitrogens with one attached hydrogen (secondary N) is 1. The van der Waals surface area contributed by atoms with E-state index in [0.29, 0.717) is 33.1 Å². The van der Waals surface area contributed by atoms with Gasteiger partial charge in [0.1, 0.15) is 0 Å². The van der Waals surface area contributed by atoms with Crippen LogP contribution in [-0.4, -0.2) is 20.5 Å². The SMILES string of the molecule is Cc1ccc2nc(C(F)(F)F)nn2c1-c1cc(Cl)c2c(c1)CC(=O)N2. The van der Waals surface area contributed by atoms with Crippen LogP contribution in [0.4, 0.5) is 18.9 Å². The van der Waals surface area contributed by atoms with Gasteiger partial charge in [0, 0.05) is 5.56 Å². The van der Waals surface area contributed by atoms with E-state index >= 15 is 0 Å². The van der Waals surface area contributed by atoms with Crippen LogP contribution in [-0.2, 0) is 17.4 Å². The minimum Gasteiger partial charge on any atom is -0.324 e. The number of amides is 1. The number of hydrogen-bond acceptors (Lipinski definition) is 3. The molecule has 0 saturated heterocycles. The van der Waals surface area contributed by atoms with Crippen LogP contribution < -0.4 is 5.32 Å². The molecule has 9 heteroatoms. The van der Waals surface area contributed by atoms with E-state index in [9.17, 15) is 18.0 Å². The van der Waals surface area contributed by atoms with Crippen LogP contribution in [0.15, 0.2) is 24.3 Å². The number of rotatable bonds is 1. The third kappa shape index (κ3) is 2.53. The summed E-state index contributed by atoms with van der Waals surface area (Å²) < 4.78 is 40.0. The Morgan fingerprint density at radius 2 is 2.04 bits per heavy atom. The van der Waals surface area contributed by atoms with Gasteiger partial charge in [-0.1, -0.05) is 17.7 Å². The van der Waals surface area contributed by atoms with E-state index in [1.165, 1.54) is 6.07 Å². The highest BCUT2D eigenvalue weighted by Gasteiger charge is 2.36. The molecule has 0 aliphatic carbocycles. The molecule has 1 N–H and O–H groups in total. The molecule has 1 aliphatic heterocycles. The van der Waals surface area contributed by atoms with Gasteiger partial charge in [0.2, 0.25) is 5.91 Å². The Hall–Kier alpha value is -2.61. The first-order chi connectivity index (χ1) is 11.7. The summed E-state index contributed by atoms with van der Waals surface area (Å²) in [6.07, 6.45) is -4.47. The quantitative estimate of drug-likeness (QED) is 0.711. The van der Waals surface area contributed by atoms with E-state index in [1.807, 2.05) is 0 Å². The fourth-order valence-corrected chi connectivity index (χ4v) is 3.23. The predicted molar refractivity (Wildman–Crippen MR) is 85.5 cm³/mol. The Morgan fingerprint density at radius 1 is 1.28 bits per heavy atom. The Balaban J connectivity index is 1.97. The summed E-state index contributed by atoms with van der Waals surface area (Å²) in [4.78, 5) is 15.1. The van der Waals surface area contributed by atoms with Crippen molar-refractivity contribution in [2.24, 2.45) is 0 Å². The van der Waals surface area contributed by atoms with Crippen molar-refractivity contribution in [3.8, 4) is 11.3 Å². The van der Waals surface area contributed by atoms with Crippen LogP contribution in [0.2, 0.25) is 5.02 Å². The number of alkyl halides is 3. The van der Waals surface area contributed by atoms with E-state index in [4.69, 9.17) is 11.6 Å². The molecule has 0 radical (unpaired) electrons. The lowest BCUT2D eigenvalue weighted by atomic mass is 10.0. The number of nitrogens with zero attached hydrogens (tertiary/aromatic N) is 3. The lowest BCUT2D eigenvalue weighted by molar-refractivity contribution is -0.144. The summed E-state index contributed by atoms with van der Waals surface area (Å²) in [7, 11) is 0. The monoisotopic (exact) mass is 366 g/mol. The van der Waals surface area contributed by atoms with Gasteiger partial charge in [0.05, 0.1) is 22.8 Å². The molecule has 128 valence electrons. The molecule has 0 saturated carbocycles. The number of aromatic nitrogens is 3. The first-order valence-corrected chi connectivity index (χ1v) is 7.68. The number of anilines is 1. The Morgan fingerprint density at radius 3 is 2.76 bits per heavy atom. The summed E-state index contributed by atoms with van der Waals surface area (Å²) >= 11 is 6.23. The van der Waals surface area contributed by atoms with Crippen molar-refractivity contribution in [2.45, 2.75) is 19.5 Å². The van der Waals surface area contributed by atoms with Gasteiger partial charge in [0.15, 0.2) is 5.65 Å². The van der Waals surface area contributed by atoms with Crippen molar-refractivity contribution in [2.75, 3.05) is 5.32 Å². The molecule has 5 nitrogen and oxygen atoms in total. The molecule has 25 heavy (non-hydrogen) atoms. The molecule has 0 bridgehead atoms. The summed E-state index contributed by atoms with van der Waals surface area (Å²) in [5.41, 5.74) is 3.04. The van der Waals surface area contributed by atoms with Crippen LogP contribution in [0.1, 0.15) is 17.0 Å². The molecule has 0 spiro atoms. The largest absolute Gasteiger partial charge is 0.453 e. The maximum absolute atomic E-state index is 12.9. The number of halogens is 4. The average molecular weight is 367 g/mol. The Bertz CT molecular complexity index is 1040. The summed E-state index contributed by atoms with van der Waals surface area (Å²) in [5, 5.41) is 6.60. The second-order valence-electron chi connectivity index (χ2n) is 5.79. The number of aryl methyl sites for hydroxylation is 1. The topological polar surface area (TPSA) is 59.3 Å². The second-order valence-corrected chi connectivity index (χ2v) is 6.19.